The molecule has 24 heavy (non-hydrogen) atoms. The summed E-state index contributed by atoms with van der Waals surface area (Å²) in [7, 11) is 1.55. The summed E-state index contributed by atoms with van der Waals surface area (Å²) < 4.78 is 10.6. The van der Waals surface area contributed by atoms with Gasteiger partial charge >= 0.3 is 0 Å². The molecule has 2 aromatic rings. The van der Waals surface area contributed by atoms with Crippen molar-refractivity contribution in [1.82, 2.24) is 5.32 Å². The summed E-state index contributed by atoms with van der Waals surface area (Å²) in [5, 5.41) is 14.0. The first-order valence-electron chi connectivity index (χ1n) is 7.74. The third-order valence-electron chi connectivity index (χ3n) is 3.48. The SMILES string of the molecule is CCOc1ccc2ccccc2c1/C=C(/C#N)C(=O)NCCOC. The van der Waals surface area contributed by atoms with Crippen LogP contribution in [-0.4, -0.2) is 32.8 Å². The standard InChI is InChI=1S/C19H20N2O3/c1-3-24-18-9-8-14-6-4-5-7-16(14)17(18)12-15(13-20)19(22)21-10-11-23-2/h4-9,12H,3,10-11H2,1-2H3,(H,21,22)/b15-12-. The van der Waals surface area contributed by atoms with E-state index in [2.05, 4.69) is 5.32 Å². The number of benzene rings is 2. The second kappa shape index (κ2) is 8.70. The van der Waals surface area contributed by atoms with Gasteiger partial charge in [0, 0.05) is 19.2 Å². The number of methoxy groups -OCH3 is 1. The molecule has 5 nitrogen and oxygen atoms in total. The van der Waals surface area contributed by atoms with Gasteiger partial charge in [-0.3, -0.25) is 4.79 Å². The average Bonchev–Trinajstić information content (AvgIpc) is 2.61. The summed E-state index contributed by atoms with van der Waals surface area (Å²) in [6.07, 6.45) is 1.58. The molecular weight excluding hydrogens is 304 g/mol. The van der Waals surface area contributed by atoms with Gasteiger partial charge in [-0.15, -0.1) is 0 Å². The van der Waals surface area contributed by atoms with E-state index >= 15 is 0 Å². The number of nitrogens with one attached hydrogen (secondary N) is 1. The van der Waals surface area contributed by atoms with Crippen LogP contribution in [0.3, 0.4) is 0 Å². The van der Waals surface area contributed by atoms with Gasteiger partial charge in [0.2, 0.25) is 0 Å². The van der Waals surface area contributed by atoms with Crippen molar-refractivity contribution in [1.29, 1.82) is 5.26 Å². The van der Waals surface area contributed by atoms with Crippen LogP contribution in [0.1, 0.15) is 12.5 Å². The molecule has 0 saturated carbocycles. The molecule has 0 aliphatic rings. The lowest BCUT2D eigenvalue weighted by atomic mass is 10.0. The van der Waals surface area contributed by atoms with E-state index in [1.807, 2.05) is 49.4 Å². The molecule has 0 unspecified atom stereocenters. The molecule has 0 fully saturated rings. The summed E-state index contributed by atoms with van der Waals surface area (Å²) in [4.78, 5) is 12.2. The van der Waals surface area contributed by atoms with Crippen LogP contribution in [0.2, 0.25) is 0 Å². The molecule has 2 rings (SSSR count). The lowest BCUT2D eigenvalue weighted by molar-refractivity contribution is -0.117. The van der Waals surface area contributed by atoms with Gasteiger partial charge in [-0.05, 0) is 29.8 Å². The van der Waals surface area contributed by atoms with Crippen molar-refractivity contribution in [3.63, 3.8) is 0 Å². The zero-order valence-electron chi connectivity index (χ0n) is 13.8. The van der Waals surface area contributed by atoms with Crippen molar-refractivity contribution in [3.05, 3.63) is 47.5 Å². The van der Waals surface area contributed by atoms with Crippen molar-refractivity contribution in [2.75, 3.05) is 26.9 Å². The normalized spacial score (nSPS) is 11.1. The fourth-order valence-corrected chi connectivity index (χ4v) is 2.36. The fraction of sp³-hybridized carbons (Fsp3) is 0.263. The van der Waals surface area contributed by atoms with E-state index in [1.165, 1.54) is 0 Å². The van der Waals surface area contributed by atoms with Crippen molar-refractivity contribution in [3.8, 4) is 11.8 Å². The molecule has 124 valence electrons. The van der Waals surface area contributed by atoms with E-state index < -0.39 is 5.91 Å². The van der Waals surface area contributed by atoms with Gasteiger partial charge in [0.25, 0.3) is 5.91 Å². The highest BCUT2D eigenvalue weighted by molar-refractivity contribution is 6.04. The highest BCUT2D eigenvalue weighted by Gasteiger charge is 2.12. The number of amides is 1. The molecule has 0 saturated heterocycles. The van der Waals surface area contributed by atoms with Crippen LogP contribution < -0.4 is 10.1 Å². The summed E-state index contributed by atoms with van der Waals surface area (Å²) in [5.74, 6) is 0.221. The Morgan fingerprint density at radius 1 is 1.29 bits per heavy atom. The van der Waals surface area contributed by atoms with Gasteiger partial charge in [-0.1, -0.05) is 30.3 Å². The molecule has 0 aliphatic heterocycles. The van der Waals surface area contributed by atoms with Crippen molar-refractivity contribution in [2.45, 2.75) is 6.92 Å². The first kappa shape index (κ1) is 17.5. The number of carbonyl (C=O) groups excluding carboxylic acids is 1. The van der Waals surface area contributed by atoms with Crippen LogP contribution in [0.5, 0.6) is 5.75 Å². The monoisotopic (exact) mass is 324 g/mol. The summed E-state index contributed by atoms with van der Waals surface area (Å²) in [6.45, 7) is 3.14. The molecule has 1 amide bonds. The number of ether oxygens (including phenoxy) is 2. The predicted molar refractivity (Wildman–Crippen MR) is 93.6 cm³/mol. The highest BCUT2D eigenvalue weighted by atomic mass is 16.5. The second-order valence-corrected chi connectivity index (χ2v) is 5.05. The van der Waals surface area contributed by atoms with Crippen LogP contribution in [0, 0.1) is 11.3 Å². The fourth-order valence-electron chi connectivity index (χ4n) is 2.36. The van der Waals surface area contributed by atoms with Crippen LogP contribution in [0.25, 0.3) is 16.8 Å². The molecule has 0 spiro atoms. The lowest BCUT2D eigenvalue weighted by Gasteiger charge is -2.11. The summed E-state index contributed by atoms with van der Waals surface area (Å²) in [5.41, 5.74) is 0.761. The highest BCUT2D eigenvalue weighted by Crippen LogP contribution is 2.30. The minimum atomic E-state index is -0.426. The number of carbonyl (C=O) groups is 1. The Bertz CT molecular complexity index is 791. The number of hydrogen-bond acceptors (Lipinski definition) is 4. The maximum atomic E-state index is 12.2. The molecule has 2 aromatic carbocycles. The van der Waals surface area contributed by atoms with E-state index in [9.17, 15) is 10.1 Å². The van der Waals surface area contributed by atoms with Gasteiger partial charge in [-0.2, -0.15) is 5.26 Å². The Morgan fingerprint density at radius 3 is 2.79 bits per heavy atom. The Morgan fingerprint density at radius 2 is 2.08 bits per heavy atom. The molecule has 0 aliphatic carbocycles. The Hall–Kier alpha value is -2.84. The average molecular weight is 324 g/mol. The van der Waals surface area contributed by atoms with E-state index in [4.69, 9.17) is 9.47 Å². The molecule has 0 radical (unpaired) electrons. The van der Waals surface area contributed by atoms with Gasteiger partial charge in [-0.25, -0.2) is 0 Å². The zero-order chi connectivity index (χ0) is 17.4. The maximum Gasteiger partial charge on any atom is 0.262 e. The Labute approximate surface area is 141 Å². The third kappa shape index (κ3) is 4.12. The second-order valence-electron chi connectivity index (χ2n) is 5.05. The molecule has 0 aromatic heterocycles. The number of nitrogens with zero attached hydrogens (tertiary/aromatic N) is 1. The Balaban J connectivity index is 2.46. The quantitative estimate of drug-likeness (QED) is 0.483. The number of hydrogen-bond donors (Lipinski definition) is 1. The van der Waals surface area contributed by atoms with Gasteiger partial charge in [0.1, 0.15) is 17.4 Å². The summed E-state index contributed by atoms with van der Waals surface area (Å²) in [6, 6.07) is 13.6. The van der Waals surface area contributed by atoms with E-state index in [-0.39, 0.29) is 5.57 Å². The topological polar surface area (TPSA) is 71.3 Å². The Kier molecular flexibility index (Phi) is 6.35. The molecule has 5 heteroatoms. The van der Waals surface area contributed by atoms with Crippen molar-refractivity contribution in [2.24, 2.45) is 0 Å². The number of fused-ring (bicyclic) bond motifs is 1. The third-order valence-corrected chi connectivity index (χ3v) is 3.48. The van der Waals surface area contributed by atoms with Crippen LogP contribution in [0.4, 0.5) is 0 Å². The van der Waals surface area contributed by atoms with E-state index in [0.717, 1.165) is 16.3 Å². The van der Waals surface area contributed by atoms with Gasteiger partial charge < -0.3 is 14.8 Å². The zero-order valence-corrected chi connectivity index (χ0v) is 13.8. The predicted octanol–water partition coefficient (Wildman–Crippen LogP) is 2.91. The van der Waals surface area contributed by atoms with E-state index in [1.54, 1.807) is 13.2 Å². The molecule has 1 N–H and O–H groups in total. The largest absolute Gasteiger partial charge is 0.493 e. The van der Waals surface area contributed by atoms with Crippen LogP contribution >= 0.6 is 0 Å². The van der Waals surface area contributed by atoms with Crippen LogP contribution in [-0.2, 0) is 9.53 Å². The van der Waals surface area contributed by atoms with Crippen molar-refractivity contribution < 1.29 is 14.3 Å². The smallest absolute Gasteiger partial charge is 0.262 e. The van der Waals surface area contributed by atoms with Crippen LogP contribution in [0.15, 0.2) is 42.0 Å². The van der Waals surface area contributed by atoms with E-state index in [0.29, 0.717) is 25.5 Å². The lowest BCUT2D eigenvalue weighted by Crippen LogP contribution is -2.27. The van der Waals surface area contributed by atoms with Gasteiger partial charge in [0.15, 0.2) is 0 Å². The first-order valence-corrected chi connectivity index (χ1v) is 7.74. The minimum absolute atomic E-state index is 0.0309. The maximum absolute atomic E-state index is 12.2. The van der Waals surface area contributed by atoms with Gasteiger partial charge in [0.05, 0.1) is 13.2 Å². The summed E-state index contributed by atoms with van der Waals surface area (Å²) >= 11 is 0. The van der Waals surface area contributed by atoms with Crippen molar-refractivity contribution >= 4 is 22.8 Å². The minimum Gasteiger partial charge on any atom is -0.493 e. The number of nitriles is 1. The molecule has 0 heterocycles. The number of rotatable bonds is 7. The molecule has 0 bridgehead atoms. The molecule has 0 atom stereocenters. The first-order chi connectivity index (χ1) is 11.7. The molecular formula is C19H20N2O3.